The second-order valence-electron chi connectivity index (χ2n) is 5.71. The van der Waals surface area contributed by atoms with E-state index in [0.717, 1.165) is 17.1 Å². The SMILES string of the molecule is Cn1ccnc1CNc1ccc(CC(=O)Nc2ccccc2F)cc1. The van der Waals surface area contributed by atoms with Crippen LogP contribution >= 0.6 is 0 Å². The van der Waals surface area contributed by atoms with Crippen molar-refractivity contribution >= 4 is 17.3 Å². The lowest BCUT2D eigenvalue weighted by Gasteiger charge is -2.09. The van der Waals surface area contributed by atoms with Gasteiger partial charge in [-0.15, -0.1) is 0 Å². The number of benzene rings is 2. The summed E-state index contributed by atoms with van der Waals surface area (Å²) in [6.07, 6.45) is 3.84. The number of aromatic nitrogens is 2. The molecule has 0 aliphatic rings. The summed E-state index contributed by atoms with van der Waals surface area (Å²) in [7, 11) is 1.95. The fourth-order valence-corrected chi connectivity index (χ4v) is 2.43. The van der Waals surface area contributed by atoms with E-state index < -0.39 is 5.82 Å². The van der Waals surface area contributed by atoms with Crippen LogP contribution in [0.25, 0.3) is 0 Å². The zero-order chi connectivity index (χ0) is 17.6. The van der Waals surface area contributed by atoms with Crippen molar-refractivity contribution in [2.45, 2.75) is 13.0 Å². The molecule has 1 heterocycles. The molecule has 6 heteroatoms. The molecule has 0 spiro atoms. The van der Waals surface area contributed by atoms with Crippen molar-refractivity contribution in [3.8, 4) is 0 Å². The number of nitrogens with zero attached hydrogens (tertiary/aromatic N) is 2. The maximum absolute atomic E-state index is 13.5. The highest BCUT2D eigenvalue weighted by Gasteiger charge is 2.07. The van der Waals surface area contributed by atoms with Crippen LogP contribution in [-0.4, -0.2) is 15.5 Å². The van der Waals surface area contributed by atoms with Gasteiger partial charge in [-0.1, -0.05) is 24.3 Å². The highest BCUT2D eigenvalue weighted by molar-refractivity contribution is 5.92. The van der Waals surface area contributed by atoms with Crippen molar-refractivity contribution in [3.63, 3.8) is 0 Å². The van der Waals surface area contributed by atoms with E-state index in [0.29, 0.717) is 6.54 Å². The number of aryl methyl sites for hydroxylation is 1. The van der Waals surface area contributed by atoms with Gasteiger partial charge in [0.25, 0.3) is 0 Å². The summed E-state index contributed by atoms with van der Waals surface area (Å²) >= 11 is 0. The number of carbonyl (C=O) groups is 1. The van der Waals surface area contributed by atoms with Gasteiger partial charge in [0.05, 0.1) is 18.7 Å². The van der Waals surface area contributed by atoms with Gasteiger partial charge in [0.1, 0.15) is 11.6 Å². The summed E-state index contributed by atoms with van der Waals surface area (Å²) in [5.74, 6) is 0.247. The van der Waals surface area contributed by atoms with Crippen LogP contribution < -0.4 is 10.6 Å². The van der Waals surface area contributed by atoms with E-state index in [1.807, 2.05) is 42.1 Å². The maximum Gasteiger partial charge on any atom is 0.228 e. The second-order valence-corrected chi connectivity index (χ2v) is 5.71. The Bertz CT molecular complexity index is 858. The molecule has 1 aromatic heterocycles. The highest BCUT2D eigenvalue weighted by Crippen LogP contribution is 2.14. The molecule has 2 aromatic carbocycles. The van der Waals surface area contributed by atoms with Gasteiger partial charge in [-0.25, -0.2) is 9.37 Å². The molecule has 0 saturated carbocycles. The number of hydrogen-bond donors (Lipinski definition) is 2. The summed E-state index contributed by atoms with van der Waals surface area (Å²) in [6.45, 7) is 0.622. The molecule has 0 aliphatic heterocycles. The van der Waals surface area contributed by atoms with Gasteiger partial charge < -0.3 is 15.2 Å². The summed E-state index contributed by atoms with van der Waals surface area (Å²) in [4.78, 5) is 16.3. The molecule has 128 valence electrons. The van der Waals surface area contributed by atoms with E-state index in [-0.39, 0.29) is 18.0 Å². The summed E-state index contributed by atoms with van der Waals surface area (Å²) < 4.78 is 15.5. The van der Waals surface area contributed by atoms with Crippen molar-refractivity contribution in [2.24, 2.45) is 7.05 Å². The van der Waals surface area contributed by atoms with E-state index in [2.05, 4.69) is 15.6 Å². The molecule has 0 saturated heterocycles. The predicted octanol–water partition coefficient (Wildman–Crippen LogP) is 3.35. The quantitative estimate of drug-likeness (QED) is 0.725. The maximum atomic E-state index is 13.5. The molecule has 3 aromatic rings. The number of amides is 1. The smallest absolute Gasteiger partial charge is 0.228 e. The number of para-hydroxylation sites is 1. The van der Waals surface area contributed by atoms with Gasteiger partial charge in [-0.3, -0.25) is 4.79 Å². The van der Waals surface area contributed by atoms with Crippen molar-refractivity contribution < 1.29 is 9.18 Å². The highest BCUT2D eigenvalue weighted by atomic mass is 19.1. The van der Waals surface area contributed by atoms with Gasteiger partial charge in [-0.2, -0.15) is 0 Å². The molecule has 0 aliphatic carbocycles. The largest absolute Gasteiger partial charge is 0.378 e. The summed E-state index contributed by atoms with van der Waals surface area (Å²) in [5.41, 5.74) is 2.00. The topological polar surface area (TPSA) is 59.0 Å². The monoisotopic (exact) mass is 338 g/mol. The number of halogens is 1. The zero-order valence-electron chi connectivity index (χ0n) is 13.9. The Morgan fingerprint density at radius 3 is 2.60 bits per heavy atom. The normalized spacial score (nSPS) is 10.5. The number of anilines is 2. The fourth-order valence-electron chi connectivity index (χ4n) is 2.43. The second kappa shape index (κ2) is 7.61. The van der Waals surface area contributed by atoms with E-state index in [1.54, 1.807) is 18.3 Å². The molecular formula is C19H19FN4O. The third-order valence-corrected chi connectivity index (χ3v) is 3.84. The predicted molar refractivity (Wildman–Crippen MR) is 95.7 cm³/mol. The molecule has 0 unspecified atom stereocenters. The van der Waals surface area contributed by atoms with Crippen molar-refractivity contribution in [2.75, 3.05) is 10.6 Å². The number of carbonyl (C=O) groups excluding carboxylic acids is 1. The molecule has 2 N–H and O–H groups in total. The Morgan fingerprint density at radius 1 is 1.16 bits per heavy atom. The average molecular weight is 338 g/mol. The molecule has 0 fully saturated rings. The first-order chi connectivity index (χ1) is 12.1. The summed E-state index contributed by atoms with van der Waals surface area (Å²) in [5, 5.41) is 5.86. The average Bonchev–Trinajstić information content (AvgIpc) is 3.01. The van der Waals surface area contributed by atoms with Gasteiger partial charge in [0.2, 0.25) is 5.91 Å². The molecule has 1 amide bonds. The molecule has 0 radical (unpaired) electrons. The van der Waals surface area contributed by atoms with Crippen LogP contribution in [0, 0.1) is 5.82 Å². The van der Waals surface area contributed by atoms with E-state index in [4.69, 9.17) is 0 Å². The molecular weight excluding hydrogens is 319 g/mol. The van der Waals surface area contributed by atoms with Crippen LogP contribution in [-0.2, 0) is 24.8 Å². The Hall–Kier alpha value is -3.15. The van der Waals surface area contributed by atoms with Crippen LogP contribution in [0.5, 0.6) is 0 Å². The lowest BCUT2D eigenvalue weighted by atomic mass is 10.1. The Balaban J connectivity index is 1.54. The first kappa shape index (κ1) is 16.7. The lowest BCUT2D eigenvalue weighted by Crippen LogP contribution is -2.15. The molecule has 0 atom stereocenters. The summed E-state index contributed by atoms with van der Waals surface area (Å²) in [6, 6.07) is 13.7. The third kappa shape index (κ3) is 4.44. The minimum absolute atomic E-state index is 0.188. The number of imidazole rings is 1. The van der Waals surface area contributed by atoms with Gasteiger partial charge >= 0.3 is 0 Å². The van der Waals surface area contributed by atoms with Gasteiger partial charge in [0, 0.05) is 25.1 Å². The third-order valence-electron chi connectivity index (χ3n) is 3.84. The Morgan fingerprint density at radius 2 is 1.92 bits per heavy atom. The Labute approximate surface area is 145 Å². The molecule has 25 heavy (non-hydrogen) atoms. The van der Waals surface area contributed by atoms with Gasteiger partial charge in [-0.05, 0) is 29.8 Å². The van der Waals surface area contributed by atoms with Crippen LogP contribution in [0.15, 0.2) is 60.9 Å². The van der Waals surface area contributed by atoms with Crippen molar-refractivity contribution in [1.29, 1.82) is 0 Å². The fraction of sp³-hybridized carbons (Fsp3) is 0.158. The van der Waals surface area contributed by atoms with Crippen LogP contribution in [0.2, 0.25) is 0 Å². The molecule has 5 nitrogen and oxygen atoms in total. The molecule has 0 bridgehead atoms. The number of hydrogen-bond acceptors (Lipinski definition) is 3. The molecule has 3 rings (SSSR count). The van der Waals surface area contributed by atoms with Gasteiger partial charge in [0.15, 0.2) is 0 Å². The van der Waals surface area contributed by atoms with E-state index in [1.165, 1.54) is 12.1 Å². The number of rotatable bonds is 6. The lowest BCUT2D eigenvalue weighted by molar-refractivity contribution is -0.115. The minimum Gasteiger partial charge on any atom is -0.378 e. The minimum atomic E-state index is -0.440. The first-order valence-corrected chi connectivity index (χ1v) is 7.95. The Kier molecular flexibility index (Phi) is 5.09. The number of nitrogens with one attached hydrogen (secondary N) is 2. The van der Waals surface area contributed by atoms with Crippen LogP contribution in [0.3, 0.4) is 0 Å². The first-order valence-electron chi connectivity index (χ1n) is 7.95. The van der Waals surface area contributed by atoms with E-state index in [9.17, 15) is 9.18 Å². The van der Waals surface area contributed by atoms with Crippen LogP contribution in [0.4, 0.5) is 15.8 Å². The standard InChI is InChI=1S/C19H19FN4O/c1-24-11-10-21-18(24)13-22-15-8-6-14(7-9-15)12-19(25)23-17-5-3-2-4-16(17)20/h2-11,22H,12-13H2,1H3,(H,23,25). The van der Waals surface area contributed by atoms with E-state index >= 15 is 0 Å². The van der Waals surface area contributed by atoms with Crippen LogP contribution in [0.1, 0.15) is 11.4 Å². The van der Waals surface area contributed by atoms with Crippen molar-refractivity contribution in [1.82, 2.24) is 9.55 Å². The van der Waals surface area contributed by atoms with Crippen molar-refractivity contribution in [3.05, 3.63) is 78.1 Å². The zero-order valence-corrected chi connectivity index (χ0v) is 13.9.